The Morgan fingerprint density at radius 2 is 2.35 bits per heavy atom. The molecule has 4 rings (SSSR count). The molecule has 2 bridgehead atoms. The fourth-order valence-corrected chi connectivity index (χ4v) is 3.47. The summed E-state index contributed by atoms with van der Waals surface area (Å²) in [4.78, 5) is 18.8. The van der Waals surface area contributed by atoms with Gasteiger partial charge < -0.3 is 19.4 Å². The number of nitrogens with one attached hydrogen (secondary N) is 1. The summed E-state index contributed by atoms with van der Waals surface area (Å²) in [7, 11) is 1.61. The number of methoxy groups -OCH3 is 1. The average Bonchev–Trinajstić information content (AvgIpc) is 3.31. The summed E-state index contributed by atoms with van der Waals surface area (Å²) >= 11 is 0. The molecule has 2 saturated heterocycles. The Hall–Kier alpha value is -2.34. The molecule has 2 unspecified atom stereocenters. The molecule has 120 valence electrons. The van der Waals surface area contributed by atoms with Crippen LogP contribution in [0.3, 0.4) is 0 Å². The first-order valence-electron chi connectivity index (χ1n) is 7.86. The van der Waals surface area contributed by atoms with Crippen LogP contribution in [0.2, 0.25) is 0 Å². The third-order valence-electron chi connectivity index (χ3n) is 4.70. The maximum Gasteiger partial charge on any atom is 0.307 e. The number of rotatable bonds is 4. The number of aromatic nitrogens is 1. The van der Waals surface area contributed by atoms with Gasteiger partial charge in [-0.05, 0) is 31.0 Å². The van der Waals surface area contributed by atoms with Gasteiger partial charge in [-0.25, -0.2) is 4.98 Å². The van der Waals surface area contributed by atoms with Gasteiger partial charge in [0.25, 0.3) is 5.89 Å². The van der Waals surface area contributed by atoms with E-state index in [2.05, 4.69) is 15.2 Å². The molecule has 0 saturated carbocycles. The fourth-order valence-electron chi connectivity index (χ4n) is 3.47. The third-order valence-corrected chi connectivity index (χ3v) is 4.70. The summed E-state index contributed by atoms with van der Waals surface area (Å²) in [6.07, 6.45) is 2.74. The Morgan fingerprint density at radius 1 is 1.43 bits per heavy atom. The molecule has 2 aliphatic rings. The van der Waals surface area contributed by atoms with Crippen molar-refractivity contribution in [2.75, 3.05) is 26.7 Å². The summed E-state index contributed by atoms with van der Waals surface area (Å²) in [5.41, 5.74) is 0.835. The first-order chi connectivity index (χ1) is 11.2. The molecule has 3 heterocycles. The highest BCUT2D eigenvalue weighted by Crippen LogP contribution is 2.28. The van der Waals surface area contributed by atoms with Gasteiger partial charge in [0.05, 0.1) is 13.3 Å². The predicted molar refractivity (Wildman–Crippen MR) is 84.3 cm³/mol. The molecule has 1 N–H and O–H groups in total. The van der Waals surface area contributed by atoms with Crippen molar-refractivity contribution in [1.82, 2.24) is 15.2 Å². The fraction of sp³-hybridized carbons (Fsp3) is 0.412. The minimum absolute atomic E-state index is 0.112. The normalized spacial score (nSPS) is 25.5. The molecular weight excluding hydrogens is 294 g/mol. The number of amides is 1. The summed E-state index contributed by atoms with van der Waals surface area (Å²) in [5, 5.41) is 3.05. The van der Waals surface area contributed by atoms with Crippen LogP contribution in [0.25, 0.3) is 11.3 Å². The maximum absolute atomic E-state index is 12.3. The standard InChI is InChI=1S/C17H19N3O3/c1-22-13-4-2-3-11(7-13)15-8-18-17(23-15)16(21)19-14-10-20-6-5-12(14)9-20/h2-4,7-8,12,14H,5-6,9-10H2,1H3,(H,19,21)/t12-,14?/m0/s1. The van der Waals surface area contributed by atoms with Gasteiger partial charge in [0.1, 0.15) is 5.75 Å². The Bertz CT molecular complexity index is 727. The largest absolute Gasteiger partial charge is 0.497 e. The van der Waals surface area contributed by atoms with Crippen LogP contribution in [-0.4, -0.2) is 48.6 Å². The molecule has 0 spiro atoms. The van der Waals surface area contributed by atoms with Crippen molar-refractivity contribution in [3.63, 3.8) is 0 Å². The lowest BCUT2D eigenvalue weighted by Gasteiger charge is -2.22. The molecule has 2 aromatic rings. The number of ether oxygens (including phenoxy) is 1. The van der Waals surface area contributed by atoms with Gasteiger partial charge in [-0.2, -0.15) is 0 Å². The number of oxazole rings is 1. The van der Waals surface area contributed by atoms with Crippen molar-refractivity contribution in [3.05, 3.63) is 36.4 Å². The first-order valence-corrected chi connectivity index (χ1v) is 7.86. The van der Waals surface area contributed by atoms with E-state index in [1.165, 1.54) is 0 Å². The van der Waals surface area contributed by atoms with Crippen molar-refractivity contribution >= 4 is 5.91 Å². The zero-order chi connectivity index (χ0) is 15.8. The van der Waals surface area contributed by atoms with E-state index in [1.54, 1.807) is 13.3 Å². The van der Waals surface area contributed by atoms with Gasteiger partial charge in [-0.1, -0.05) is 12.1 Å². The lowest BCUT2D eigenvalue weighted by atomic mass is 10.0. The van der Waals surface area contributed by atoms with E-state index in [-0.39, 0.29) is 17.8 Å². The second-order valence-electron chi connectivity index (χ2n) is 6.15. The smallest absolute Gasteiger partial charge is 0.307 e. The highest BCUT2D eigenvalue weighted by molar-refractivity contribution is 5.90. The molecule has 1 aromatic heterocycles. The van der Waals surface area contributed by atoms with E-state index >= 15 is 0 Å². The zero-order valence-corrected chi connectivity index (χ0v) is 13.0. The van der Waals surface area contributed by atoms with Crippen LogP contribution in [0.5, 0.6) is 5.75 Å². The van der Waals surface area contributed by atoms with Crippen molar-refractivity contribution in [3.8, 4) is 17.1 Å². The number of carbonyl (C=O) groups is 1. The molecule has 1 aromatic carbocycles. The van der Waals surface area contributed by atoms with E-state index in [4.69, 9.17) is 9.15 Å². The maximum atomic E-state index is 12.3. The van der Waals surface area contributed by atoms with E-state index in [9.17, 15) is 4.79 Å². The van der Waals surface area contributed by atoms with Gasteiger partial charge in [0, 0.05) is 24.7 Å². The van der Waals surface area contributed by atoms with E-state index in [0.717, 1.165) is 37.4 Å². The number of nitrogens with zero attached hydrogens (tertiary/aromatic N) is 2. The lowest BCUT2D eigenvalue weighted by Crippen LogP contribution is -2.43. The number of benzene rings is 1. The molecule has 0 radical (unpaired) electrons. The number of hydrogen-bond donors (Lipinski definition) is 1. The Kier molecular flexibility index (Phi) is 3.53. The van der Waals surface area contributed by atoms with Gasteiger partial charge in [-0.15, -0.1) is 0 Å². The molecule has 3 atom stereocenters. The summed E-state index contributed by atoms with van der Waals surface area (Å²) < 4.78 is 10.8. The Balaban J connectivity index is 1.47. The van der Waals surface area contributed by atoms with Gasteiger partial charge in [0.15, 0.2) is 5.76 Å². The molecular formula is C17H19N3O3. The van der Waals surface area contributed by atoms with Crippen molar-refractivity contribution in [2.24, 2.45) is 5.92 Å². The van der Waals surface area contributed by atoms with E-state index < -0.39 is 0 Å². The van der Waals surface area contributed by atoms with Crippen molar-refractivity contribution in [2.45, 2.75) is 12.5 Å². The molecule has 6 heteroatoms. The summed E-state index contributed by atoms with van der Waals surface area (Å²) in [6, 6.07) is 7.70. The van der Waals surface area contributed by atoms with Crippen molar-refractivity contribution < 1.29 is 13.9 Å². The molecule has 2 fully saturated rings. The predicted octanol–water partition coefficient (Wildman–Crippen LogP) is 1.78. The quantitative estimate of drug-likeness (QED) is 0.932. The molecule has 0 aliphatic carbocycles. The Morgan fingerprint density at radius 3 is 3.09 bits per heavy atom. The molecule has 23 heavy (non-hydrogen) atoms. The average molecular weight is 313 g/mol. The van der Waals surface area contributed by atoms with E-state index in [0.29, 0.717) is 11.7 Å². The third kappa shape index (κ3) is 2.70. The molecule has 2 aliphatic heterocycles. The monoisotopic (exact) mass is 313 g/mol. The zero-order valence-electron chi connectivity index (χ0n) is 13.0. The number of fused-ring (bicyclic) bond motifs is 2. The second kappa shape index (κ2) is 5.70. The first kappa shape index (κ1) is 14.3. The molecule has 1 amide bonds. The van der Waals surface area contributed by atoms with Crippen LogP contribution < -0.4 is 10.1 Å². The van der Waals surface area contributed by atoms with E-state index in [1.807, 2.05) is 24.3 Å². The second-order valence-corrected chi connectivity index (χ2v) is 6.15. The van der Waals surface area contributed by atoms with Crippen LogP contribution in [0.1, 0.15) is 17.1 Å². The topological polar surface area (TPSA) is 67.6 Å². The van der Waals surface area contributed by atoms with Crippen LogP contribution in [-0.2, 0) is 0 Å². The highest BCUT2D eigenvalue weighted by Gasteiger charge is 2.39. The lowest BCUT2D eigenvalue weighted by molar-refractivity contribution is 0.0890. The van der Waals surface area contributed by atoms with Crippen LogP contribution in [0.4, 0.5) is 0 Å². The molecule has 6 nitrogen and oxygen atoms in total. The number of piperidine rings is 1. The summed E-state index contributed by atoms with van der Waals surface area (Å²) in [5.74, 6) is 1.73. The van der Waals surface area contributed by atoms with Gasteiger partial charge >= 0.3 is 5.91 Å². The number of hydrogen-bond acceptors (Lipinski definition) is 5. The van der Waals surface area contributed by atoms with Crippen molar-refractivity contribution in [1.29, 1.82) is 0 Å². The van der Waals surface area contributed by atoms with Gasteiger partial charge in [-0.3, -0.25) is 4.79 Å². The van der Waals surface area contributed by atoms with Gasteiger partial charge in [0.2, 0.25) is 0 Å². The minimum atomic E-state index is -0.238. The minimum Gasteiger partial charge on any atom is -0.497 e. The van der Waals surface area contributed by atoms with Crippen LogP contribution >= 0.6 is 0 Å². The van der Waals surface area contributed by atoms with Crippen LogP contribution in [0.15, 0.2) is 34.9 Å². The highest BCUT2D eigenvalue weighted by atomic mass is 16.5. The Labute approximate surface area is 134 Å². The summed E-state index contributed by atoms with van der Waals surface area (Å²) in [6.45, 7) is 3.17. The SMILES string of the molecule is COc1cccc(-c2cnc(C(=O)NC3CN4CC[C@H]3C4)o2)c1. The number of carbonyl (C=O) groups excluding carboxylic acids is 1. The van der Waals surface area contributed by atoms with Crippen LogP contribution in [0, 0.1) is 5.92 Å².